The van der Waals surface area contributed by atoms with Gasteiger partial charge in [-0.1, -0.05) is 54.1 Å². The zero-order valence-corrected chi connectivity index (χ0v) is 13.8. The molecule has 0 saturated carbocycles. The van der Waals surface area contributed by atoms with E-state index in [4.69, 9.17) is 11.6 Å². The summed E-state index contributed by atoms with van der Waals surface area (Å²) in [7, 11) is 0. The van der Waals surface area contributed by atoms with Gasteiger partial charge in [-0.15, -0.1) is 0 Å². The molecule has 0 radical (unpaired) electrons. The lowest BCUT2D eigenvalue weighted by atomic mass is 9.95. The molecule has 1 saturated heterocycles. The maximum atomic E-state index is 12.4. The van der Waals surface area contributed by atoms with Gasteiger partial charge in [0.2, 0.25) is 5.91 Å². The fourth-order valence-electron chi connectivity index (χ4n) is 2.99. The normalized spacial score (nSPS) is 16.2. The number of piperidine rings is 1. The van der Waals surface area contributed by atoms with Crippen molar-refractivity contribution >= 4 is 23.2 Å². The summed E-state index contributed by atoms with van der Waals surface area (Å²) in [5.74, 6) is 0.149. The average Bonchev–Trinajstić information content (AvgIpc) is 2.58. The molecule has 4 heteroatoms. The van der Waals surface area contributed by atoms with E-state index in [9.17, 15) is 4.79 Å². The van der Waals surface area contributed by atoms with Gasteiger partial charge in [0, 0.05) is 12.5 Å². The molecular weight excluding hydrogens is 308 g/mol. The van der Waals surface area contributed by atoms with Gasteiger partial charge in [0.25, 0.3) is 0 Å². The Kier molecular flexibility index (Phi) is 5.31. The molecular formula is C19H21ClN2O. The molecule has 2 aromatic carbocycles. The third-order valence-corrected chi connectivity index (χ3v) is 4.67. The molecule has 0 aliphatic carbocycles. The molecule has 0 spiro atoms. The van der Waals surface area contributed by atoms with Crippen LogP contribution >= 0.6 is 11.6 Å². The maximum Gasteiger partial charge on any atom is 0.227 e. The van der Waals surface area contributed by atoms with Gasteiger partial charge in [-0.05, 0) is 43.6 Å². The highest BCUT2D eigenvalue weighted by molar-refractivity contribution is 6.33. The van der Waals surface area contributed by atoms with Crippen molar-refractivity contribution < 1.29 is 4.79 Å². The number of nitrogens with zero attached hydrogens (tertiary/aromatic N) is 1. The Morgan fingerprint density at radius 1 is 1.04 bits per heavy atom. The van der Waals surface area contributed by atoms with Crippen molar-refractivity contribution in [2.24, 2.45) is 5.92 Å². The predicted octanol–water partition coefficient (Wildman–Crippen LogP) is 4.19. The summed E-state index contributed by atoms with van der Waals surface area (Å²) in [6, 6.07) is 17.8. The number of nitrogens with one attached hydrogen (secondary N) is 1. The van der Waals surface area contributed by atoms with Crippen molar-refractivity contribution in [3.8, 4) is 0 Å². The first kappa shape index (κ1) is 16.0. The number of benzene rings is 2. The van der Waals surface area contributed by atoms with Crippen molar-refractivity contribution in [2.45, 2.75) is 19.4 Å². The van der Waals surface area contributed by atoms with Crippen LogP contribution in [0.15, 0.2) is 54.6 Å². The monoisotopic (exact) mass is 328 g/mol. The molecule has 1 amide bonds. The molecule has 2 aromatic rings. The van der Waals surface area contributed by atoms with Gasteiger partial charge in [0.05, 0.1) is 10.7 Å². The van der Waals surface area contributed by atoms with Crippen LogP contribution < -0.4 is 5.32 Å². The highest BCUT2D eigenvalue weighted by Crippen LogP contribution is 2.24. The van der Waals surface area contributed by atoms with E-state index in [2.05, 4.69) is 34.5 Å². The number of anilines is 1. The van der Waals surface area contributed by atoms with Crippen LogP contribution in [-0.4, -0.2) is 23.9 Å². The van der Waals surface area contributed by atoms with Crippen LogP contribution in [0.4, 0.5) is 5.69 Å². The fourth-order valence-corrected chi connectivity index (χ4v) is 3.18. The number of halogens is 1. The van der Waals surface area contributed by atoms with E-state index in [0.717, 1.165) is 32.5 Å². The maximum absolute atomic E-state index is 12.4. The van der Waals surface area contributed by atoms with E-state index >= 15 is 0 Å². The largest absolute Gasteiger partial charge is 0.325 e. The Hall–Kier alpha value is -1.84. The second kappa shape index (κ2) is 7.62. The number of carbonyl (C=O) groups is 1. The van der Waals surface area contributed by atoms with Gasteiger partial charge in [-0.2, -0.15) is 0 Å². The second-order valence-electron chi connectivity index (χ2n) is 6.01. The van der Waals surface area contributed by atoms with E-state index < -0.39 is 0 Å². The summed E-state index contributed by atoms with van der Waals surface area (Å²) >= 11 is 6.10. The molecule has 23 heavy (non-hydrogen) atoms. The Balaban J connectivity index is 1.50. The van der Waals surface area contributed by atoms with Gasteiger partial charge in [-0.25, -0.2) is 0 Å². The molecule has 0 aromatic heterocycles. The summed E-state index contributed by atoms with van der Waals surface area (Å²) in [6.07, 6.45) is 1.78. The predicted molar refractivity (Wildman–Crippen MR) is 94.5 cm³/mol. The van der Waals surface area contributed by atoms with Crippen LogP contribution in [0.25, 0.3) is 0 Å². The molecule has 1 aliphatic heterocycles. The van der Waals surface area contributed by atoms with E-state index in [1.165, 1.54) is 5.56 Å². The highest BCUT2D eigenvalue weighted by atomic mass is 35.5. The lowest BCUT2D eigenvalue weighted by Gasteiger charge is -2.31. The smallest absolute Gasteiger partial charge is 0.227 e. The number of likely N-dealkylation sites (tertiary alicyclic amines) is 1. The lowest BCUT2D eigenvalue weighted by molar-refractivity contribution is -0.121. The minimum absolute atomic E-state index is 0.0679. The minimum Gasteiger partial charge on any atom is -0.325 e. The Morgan fingerprint density at radius 2 is 1.70 bits per heavy atom. The highest BCUT2D eigenvalue weighted by Gasteiger charge is 2.25. The first-order chi connectivity index (χ1) is 11.2. The number of para-hydroxylation sites is 1. The molecule has 3 rings (SSSR count). The molecule has 1 fully saturated rings. The molecule has 1 aliphatic rings. The Labute approximate surface area is 142 Å². The molecule has 120 valence electrons. The van der Waals surface area contributed by atoms with E-state index in [0.29, 0.717) is 10.7 Å². The summed E-state index contributed by atoms with van der Waals surface area (Å²) in [5, 5.41) is 3.54. The van der Waals surface area contributed by atoms with Gasteiger partial charge in [0.1, 0.15) is 0 Å². The van der Waals surface area contributed by atoms with Crippen molar-refractivity contribution in [3.05, 3.63) is 65.2 Å². The van der Waals surface area contributed by atoms with E-state index in [1.807, 2.05) is 24.3 Å². The number of carbonyl (C=O) groups excluding carboxylic acids is 1. The second-order valence-corrected chi connectivity index (χ2v) is 6.41. The van der Waals surface area contributed by atoms with E-state index in [-0.39, 0.29) is 11.8 Å². The van der Waals surface area contributed by atoms with Crippen molar-refractivity contribution in [1.29, 1.82) is 0 Å². The summed E-state index contributed by atoms with van der Waals surface area (Å²) in [6.45, 7) is 2.87. The summed E-state index contributed by atoms with van der Waals surface area (Å²) in [4.78, 5) is 14.8. The number of hydrogen-bond donors (Lipinski definition) is 1. The lowest BCUT2D eigenvalue weighted by Crippen LogP contribution is -2.37. The van der Waals surface area contributed by atoms with Gasteiger partial charge < -0.3 is 5.32 Å². The van der Waals surface area contributed by atoms with Crippen molar-refractivity contribution in [3.63, 3.8) is 0 Å². The average molecular weight is 329 g/mol. The summed E-state index contributed by atoms with van der Waals surface area (Å²) < 4.78 is 0. The standard InChI is InChI=1S/C19H21ClN2O/c20-17-8-4-5-9-18(17)21-19(23)16-10-12-22(13-11-16)14-15-6-2-1-3-7-15/h1-9,16H,10-14H2,(H,21,23). The molecule has 3 nitrogen and oxygen atoms in total. The van der Waals surface area contributed by atoms with Crippen LogP contribution in [0.5, 0.6) is 0 Å². The number of amides is 1. The minimum atomic E-state index is 0.0679. The van der Waals surface area contributed by atoms with Crippen LogP contribution in [0.2, 0.25) is 5.02 Å². The molecule has 0 unspecified atom stereocenters. The van der Waals surface area contributed by atoms with Crippen LogP contribution in [0, 0.1) is 5.92 Å². The van der Waals surface area contributed by atoms with Gasteiger partial charge in [-0.3, -0.25) is 9.69 Å². The van der Waals surface area contributed by atoms with Crippen LogP contribution in [0.3, 0.4) is 0 Å². The fraction of sp³-hybridized carbons (Fsp3) is 0.316. The number of hydrogen-bond acceptors (Lipinski definition) is 2. The number of rotatable bonds is 4. The van der Waals surface area contributed by atoms with E-state index in [1.54, 1.807) is 6.07 Å². The van der Waals surface area contributed by atoms with Gasteiger partial charge in [0.15, 0.2) is 0 Å². The summed E-state index contributed by atoms with van der Waals surface area (Å²) in [5.41, 5.74) is 2.03. The molecule has 1 heterocycles. The van der Waals surface area contributed by atoms with Crippen molar-refractivity contribution in [2.75, 3.05) is 18.4 Å². The molecule has 0 bridgehead atoms. The topological polar surface area (TPSA) is 32.3 Å². The first-order valence-electron chi connectivity index (χ1n) is 8.04. The van der Waals surface area contributed by atoms with Crippen molar-refractivity contribution in [1.82, 2.24) is 4.90 Å². The Morgan fingerprint density at radius 3 is 2.39 bits per heavy atom. The zero-order chi connectivity index (χ0) is 16.1. The quantitative estimate of drug-likeness (QED) is 0.912. The molecule has 0 atom stereocenters. The first-order valence-corrected chi connectivity index (χ1v) is 8.42. The zero-order valence-electron chi connectivity index (χ0n) is 13.0. The molecule has 1 N–H and O–H groups in total. The van der Waals surface area contributed by atoms with Crippen LogP contribution in [0.1, 0.15) is 18.4 Å². The van der Waals surface area contributed by atoms with Crippen LogP contribution in [-0.2, 0) is 11.3 Å². The third kappa shape index (κ3) is 4.34. The third-order valence-electron chi connectivity index (χ3n) is 4.34. The Bertz CT molecular complexity index is 651. The SMILES string of the molecule is O=C(Nc1ccccc1Cl)C1CCN(Cc2ccccc2)CC1. The van der Waals surface area contributed by atoms with Gasteiger partial charge >= 0.3 is 0 Å².